The lowest BCUT2D eigenvalue weighted by Gasteiger charge is -2.13. The smallest absolute Gasteiger partial charge is 0.257 e. The Bertz CT molecular complexity index is 935. The summed E-state index contributed by atoms with van der Waals surface area (Å²) in [6, 6.07) is 11.9. The van der Waals surface area contributed by atoms with E-state index in [1.807, 2.05) is 0 Å². The van der Waals surface area contributed by atoms with E-state index in [9.17, 15) is 9.59 Å². The van der Waals surface area contributed by atoms with Crippen LogP contribution in [0, 0.1) is 5.92 Å². The van der Waals surface area contributed by atoms with E-state index >= 15 is 0 Å². The predicted molar refractivity (Wildman–Crippen MR) is 133 cm³/mol. The van der Waals surface area contributed by atoms with E-state index in [-0.39, 0.29) is 16.9 Å². The first-order valence-electron chi connectivity index (χ1n) is 10.2. The molecule has 172 valence electrons. The molecule has 0 radical (unpaired) electrons. The molecule has 0 heterocycles. The van der Waals surface area contributed by atoms with Crippen LogP contribution in [0.15, 0.2) is 46.9 Å². The minimum absolute atomic E-state index is 0.156. The van der Waals surface area contributed by atoms with Crippen molar-refractivity contribution in [3.63, 3.8) is 0 Å². The molecular weight excluding hydrogens is 494 g/mol. The summed E-state index contributed by atoms with van der Waals surface area (Å²) in [5.41, 5.74) is 1.64. The second-order valence-electron chi connectivity index (χ2n) is 7.44. The van der Waals surface area contributed by atoms with E-state index in [2.05, 4.69) is 45.7 Å². The molecule has 0 bridgehead atoms. The molecule has 0 aliphatic heterocycles. The number of carbonyl (C=O) groups is 2. The number of ether oxygens (including phenoxy) is 2. The Morgan fingerprint density at radius 3 is 2.38 bits per heavy atom. The van der Waals surface area contributed by atoms with Crippen molar-refractivity contribution in [2.24, 2.45) is 5.92 Å². The summed E-state index contributed by atoms with van der Waals surface area (Å²) >= 11 is 8.67. The largest absolute Gasteiger partial charge is 0.492 e. The third-order valence-corrected chi connectivity index (χ3v) is 5.03. The van der Waals surface area contributed by atoms with Gasteiger partial charge in [0.25, 0.3) is 11.8 Å². The molecule has 32 heavy (non-hydrogen) atoms. The monoisotopic (exact) mass is 521 g/mol. The van der Waals surface area contributed by atoms with Gasteiger partial charge in [-0.25, -0.2) is 0 Å². The third kappa shape index (κ3) is 8.57. The predicted octanol–water partition coefficient (Wildman–Crippen LogP) is 4.38. The van der Waals surface area contributed by atoms with Gasteiger partial charge < -0.3 is 20.1 Å². The molecule has 7 nitrogen and oxygen atoms in total. The topological polar surface area (TPSA) is 88.7 Å². The fourth-order valence-corrected chi connectivity index (χ4v) is 3.28. The van der Waals surface area contributed by atoms with E-state index in [1.165, 1.54) is 0 Å². The molecule has 0 aliphatic rings. The first kappa shape index (κ1) is 25.8. The van der Waals surface area contributed by atoms with Crippen molar-refractivity contribution in [2.75, 3.05) is 32.2 Å². The molecule has 0 fully saturated rings. The average molecular weight is 522 g/mol. The van der Waals surface area contributed by atoms with Crippen LogP contribution in [0.5, 0.6) is 5.75 Å². The van der Waals surface area contributed by atoms with Crippen LogP contribution < -0.4 is 20.7 Å². The zero-order valence-electron chi connectivity index (χ0n) is 18.4. The molecule has 2 rings (SSSR count). The number of anilines is 1. The van der Waals surface area contributed by atoms with Crippen LogP contribution in [0.1, 0.15) is 41.0 Å². The maximum absolute atomic E-state index is 12.5. The van der Waals surface area contributed by atoms with Crippen LogP contribution in [0.4, 0.5) is 5.69 Å². The van der Waals surface area contributed by atoms with Gasteiger partial charge in [0.1, 0.15) is 5.75 Å². The maximum Gasteiger partial charge on any atom is 0.257 e. The number of amides is 2. The van der Waals surface area contributed by atoms with Crippen LogP contribution in [0.2, 0.25) is 0 Å². The number of halogens is 1. The zero-order valence-corrected chi connectivity index (χ0v) is 20.8. The van der Waals surface area contributed by atoms with Crippen molar-refractivity contribution in [1.29, 1.82) is 0 Å². The molecule has 2 aromatic carbocycles. The fraction of sp³-hybridized carbons (Fsp3) is 0.348. The standard InChI is InChI=1S/C23H28BrN3O4S/c1-15(2)14-31-20-10-7-17(13-19(20)24)22(29)27-23(32)26-18-8-5-16(6-9-18)21(28)25-11-4-12-30-3/h5-10,13,15H,4,11-12,14H2,1-3H3,(H,25,28)(H2,26,27,29,32). The summed E-state index contributed by atoms with van der Waals surface area (Å²) in [5.74, 6) is 0.581. The van der Waals surface area contributed by atoms with Crippen LogP contribution in [-0.4, -0.2) is 43.8 Å². The Kier molecular flexibility index (Phi) is 10.6. The van der Waals surface area contributed by atoms with E-state index in [1.54, 1.807) is 49.6 Å². The average Bonchev–Trinajstić information content (AvgIpc) is 2.76. The summed E-state index contributed by atoms with van der Waals surface area (Å²) in [5, 5.41) is 8.57. The molecule has 2 amide bonds. The van der Waals surface area contributed by atoms with Gasteiger partial charge in [0.2, 0.25) is 0 Å². The summed E-state index contributed by atoms with van der Waals surface area (Å²) in [4.78, 5) is 24.6. The number of benzene rings is 2. The second-order valence-corrected chi connectivity index (χ2v) is 8.70. The lowest BCUT2D eigenvalue weighted by Crippen LogP contribution is -2.34. The van der Waals surface area contributed by atoms with E-state index < -0.39 is 0 Å². The molecule has 0 saturated heterocycles. The zero-order chi connectivity index (χ0) is 23.5. The summed E-state index contributed by atoms with van der Waals surface area (Å²) in [6.07, 6.45) is 0.750. The number of thiocarbonyl (C=S) groups is 1. The van der Waals surface area contributed by atoms with Crippen molar-refractivity contribution in [3.8, 4) is 5.75 Å². The number of methoxy groups -OCH3 is 1. The minimum Gasteiger partial charge on any atom is -0.492 e. The van der Waals surface area contributed by atoms with Gasteiger partial charge in [-0.15, -0.1) is 0 Å². The van der Waals surface area contributed by atoms with Gasteiger partial charge in [0.15, 0.2) is 5.11 Å². The number of nitrogens with one attached hydrogen (secondary N) is 3. The van der Waals surface area contributed by atoms with E-state index in [0.29, 0.717) is 52.7 Å². The van der Waals surface area contributed by atoms with Crippen molar-refractivity contribution < 1.29 is 19.1 Å². The summed E-state index contributed by atoms with van der Waals surface area (Å²) < 4.78 is 11.4. The lowest BCUT2D eigenvalue weighted by molar-refractivity contribution is 0.0946. The Morgan fingerprint density at radius 2 is 1.75 bits per heavy atom. The highest BCUT2D eigenvalue weighted by atomic mass is 79.9. The van der Waals surface area contributed by atoms with Crippen LogP contribution >= 0.6 is 28.1 Å². The van der Waals surface area contributed by atoms with Gasteiger partial charge >= 0.3 is 0 Å². The van der Waals surface area contributed by atoms with Crippen molar-refractivity contribution >= 4 is 50.8 Å². The number of rotatable bonds is 10. The van der Waals surface area contributed by atoms with E-state index in [4.69, 9.17) is 21.7 Å². The van der Waals surface area contributed by atoms with Crippen molar-refractivity contribution in [1.82, 2.24) is 10.6 Å². The molecule has 0 aromatic heterocycles. The Labute approximate surface area is 202 Å². The van der Waals surface area contributed by atoms with Crippen molar-refractivity contribution in [3.05, 3.63) is 58.1 Å². The normalized spacial score (nSPS) is 10.5. The van der Waals surface area contributed by atoms with Gasteiger partial charge in [0, 0.05) is 37.1 Å². The van der Waals surface area contributed by atoms with Gasteiger partial charge in [-0.1, -0.05) is 13.8 Å². The van der Waals surface area contributed by atoms with Gasteiger partial charge in [0.05, 0.1) is 11.1 Å². The Balaban J connectivity index is 1.87. The van der Waals surface area contributed by atoms with Crippen molar-refractivity contribution in [2.45, 2.75) is 20.3 Å². The summed E-state index contributed by atoms with van der Waals surface area (Å²) in [7, 11) is 1.62. The molecule has 0 spiro atoms. The van der Waals surface area contributed by atoms with Gasteiger partial charge in [-0.3, -0.25) is 14.9 Å². The Morgan fingerprint density at radius 1 is 1.06 bits per heavy atom. The quantitative estimate of drug-likeness (QED) is 0.317. The van der Waals surface area contributed by atoms with Gasteiger partial charge in [-0.2, -0.15) is 0 Å². The number of carbonyl (C=O) groups excluding carboxylic acids is 2. The lowest BCUT2D eigenvalue weighted by atomic mass is 10.2. The minimum atomic E-state index is -0.342. The van der Waals surface area contributed by atoms with E-state index in [0.717, 1.165) is 6.42 Å². The number of hydrogen-bond donors (Lipinski definition) is 3. The first-order valence-corrected chi connectivity index (χ1v) is 11.4. The maximum atomic E-state index is 12.5. The molecule has 0 saturated carbocycles. The molecular formula is C23H28BrN3O4S. The first-order chi connectivity index (χ1) is 15.3. The molecule has 0 atom stereocenters. The highest BCUT2D eigenvalue weighted by Gasteiger charge is 2.12. The summed E-state index contributed by atoms with van der Waals surface area (Å²) in [6.45, 7) is 5.86. The van der Waals surface area contributed by atoms with Crippen LogP contribution in [0.25, 0.3) is 0 Å². The third-order valence-electron chi connectivity index (χ3n) is 4.21. The highest BCUT2D eigenvalue weighted by Crippen LogP contribution is 2.26. The molecule has 0 aliphatic carbocycles. The number of hydrogen-bond acceptors (Lipinski definition) is 5. The molecule has 3 N–H and O–H groups in total. The van der Waals surface area contributed by atoms with Gasteiger partial charge in [-0.05, 0) is 83.0 Å². The second kappa shape index (κ2) is 13.1. The van der Waals surface area contributed by atoms with Crippen LogP contribution in [0.3, 0.4) is 0 Å². The SMILES string of the molecule is COCCCNC(=O)c1ccc(NC(=S)NC(=O)c2ccc(OCC(C)C)c(Br)c2)cc1. The molecule has 9 heteroatoms. The Hall–Kier alpha value is -2.49. The van der Waals surface area contributed by atoms with Crippen LogP contribution in [-0.2, 0) is 4.74 Å². The molecule has 2 aromatic rings. The highest BCUT2D eigenvalue weighted by molar-refractivity contribution is 9.10. The molecule has 0 unspecified atom stereocenters. The fourth-order valence-electron chi connectivity index (χ4n) is 2.58.